The zero-order valence-corrected chi connectivity index (χ0v) is 11.3. The summed E-state index contributed by atoms with van der Waals surface area (Å²) < 4.78 is 0. The molecule has 98 valence electrons. The summed E-state index contributed by atoms with van der Waals surface area (Å²) >= 11 is 0. The van der Waals surface area contributed by atoms with E-state index in [0.29, 0.717) is 5.41 Å². The second kappa shape index (κ2) is 4.89. The van der Waals surface area contributed by atoms with Gasteiger partial charge in [0.05, 0.1) is 0 Å². The molecule has 2 nitrogen and oxygen atoms in total. The van der Waals surface area contributed by atoms with E-state index in [-0.39, 0.29) is 0 Å². The summed E-state index contributed by atoms with van der Waals surface area (Å²) in [6, 6.07) is 0.775. The normalized spacial score (nSPS) is 39.0. The molecule has 17 heavy (non-hydrogen) atoms. The highest BCUT2D eigenvalue weighted by molar-refractivity contribution is 4.96. The molecule has 2 aliphatic carbocycles. The third kappa shape index (κ3) is 2.26. The van der Waals surface area contributed by atoms with Gasteiger partial charge in [0.2, 0.25) is 0 Å². The van der Waals surface area contributed by atoms with Crippen molar-refractivity contribution in [3.8, 4) is 0 Å². The van der Waals surface area contributed by atoms with E-state index in [4.69, 9.17) is 0 Å². The molecule has 3 rings (SSSR count). The second-order valence-electron chi connectivity index (χ2n) is 6.71. The van der Waals surface area contributed by atoms with Crippen LogP contribution in [0.1, 0.15) is 51.9 Å². The Labute approximate surface area is 106 Å². The van der Waals surface area contributed by atoms with Crippen molar-refractivity contribution in [3.63, 3.8) is 0 Å². The van der Waals surface area contributed by atoms with E-state index in [1.54, 1.807) is 0 Å². The van der Waals surface area contributed by atoms with Crippen molar-refractivity contribution >= 4 is 0 Å². The summed E-state index contributed by atoms with van der Waals surface area (Å²) in [6.07, 6.45) is 10.2. The van der Waals surface area contributed by atoms with Crippen molar-refractivity contribution in [2.45, 2.75) is 57.9 Å². The van der Waals surface area contributed by atoms with Crippen LogP contribution in [0, 0.1) is 17.3 Å². The standard InChI is InChI=1S/C15H28N2/c1-2-15(7-4-8-15)11-16-10-14-13-6-3-5-12(13)9-17-14/h12-14,16-17H,2-11H2,1H3. The highest BCUT2D eigenvalue weighted by Gasteiger charge is 2.39. The molecule has 0 amide bonds. The fraction of sp³-hybridized carbons (Fsp3) is 1.00. The molecule has 0 aromatic rings. The van der Waals surface area contributed by atoms with E-state index in [1.807, 2.05) is 0 Å². The first-order chi connectivity index (χ1) is 8.33. The smallest absolute Gasteiger partial charge is 0.0223 e. The van der Waals surface area contributed by atoms with Gasteiger partial charge in [0.1, 0.15) is 0 Å². The van der Waals surface area contributed by atoms with Crippen molar-refractivity contribution in [2.24, 2.45) is 17.3 Å². The molecule has 1 saturated heterocycles. The highest BCUT2D eigenvalue weighted by Crippen LogP contribution is 2.43. The minimum absolute atomic E-state index is 0.674. The largest absolute Gasteiger partial charge is 0.315 e. The monoisotopic (exact) mass is 236 g/mol. The van der Waals surface area contributed by atoms with E-state index < -0.39 is 0 Å². The van der Waals surface area contributed by atoms with E-state index >= 15 is 0 Å². The van der Waals surface area contributed by atoms with Crippen LogP contribution in [-0.4, -0.2) is 25.7 Å². The molecule has 0 aromatic heterocycles. The third-order valence-corrected chi connectivity index (χ3v) is 5.91. The van der Waals surface area contributed by atoms with Gasteiger partial charge in [-0.1, -0.05) is 19.8 Å². The lowest BCUT2D eigenvalue weighted by Gasteiger charge is -2.42. The minimum Gasteiger partial charge on any atom is -0.315 e. The van der Waals surface area contributed by atoms with Gasteiger partial charge in [-0.3, -0.25) is 0 Å². The van der Waals surface area contributed by atoms with Crippen LogP contribution in [0.2, 0.25) is 0 Å². The molecule has 0 bridgehead atoms. The van der Waals surface area contributed by atoms with Crippen LogP contribution in [-0.2, 0) is 0 Å². The van der Waals surface area contributed by atoms with Crippen LogP contribution in [0.4, 0.5) is 0 Å². The Morgan fingerprint density at radius 1 is 1.24 bits per heavy atom. The Hall–Kier alpha value is -0.0800. The molecular weight excluding hydrogens is 208 g/mol. The predicted molar refractivity (Wildman–Crippen MR) is 72.1 cm³/mol. The van der Waals surface area contributed by atoms with Crippen LogP contribution < -0.4 is 10.6 Å². The van der Waals surface area contributed by atoms with E-state index in [9.17, 15) is 0 Å². The molecule has 2 heteroatoms. The maximum atomic E-state index is 3.77. The number of nitrogens with one attached hydrogen (secondary N) is 2. The Bertz CT molecular complexity index is 254. The summed E-state index contributed by atoms with van der Waals surface area (Å²) in [6.45, 7) is 6.12. The Morgan fingerprint density at radius 2 is 2.12 bits per heavy atom. The fourth-order valence-corrected chi connectivity index (χ4v) is 4.35. The maximum Gasteiger partial charge on any atom is 0.0223 e. The first kappa shape index (κ1) is 12.0. The average molecular weight is 236 g/mol. The van der Waals surface area contributed by atoms with Crippen LogP contribution in [0.25, 0.3) is 0 Å². The summed E-state index contributed by atoms with van der Waals surface area (Å²) in [5.41, 5.74) is 0.674. The number of rotatable bonds is 5. The lowest BCUT2D eigenvalue weighted by molar-refractivity contribution is 0.122. The molecule has 0 spiro atoms. The van der Waals surface area contributed by atoms with Crippen LogP contribution >= 0.6 is 0 Å². The summed E-state index contributed by atoms with van der Waals surface area (Å²) in [7, 11) is 0. The zero-order chi connectivity index (χ0) is 11.7. The molecule has 1 heterocycles. The van der Waals surface area contributed by atoms with Crippen LogP contribution in [0.3, 0.4) is 0 Å². The van der Waals surface area contributed by atoms with Gasteiger partial charge in [0.25, 0.3) is 0 Å². The Kier molecular flexibility index (Phi) is 3.45. The van der Waals surface area contributed by atoms with Gasteiger partial charge in [0, 0.05) is 19.1 Å². The summed E-state index contributed by atoms with van der Waals surface area (Å²) in [4.78, 5) is 0. The van der Waals surface area contributed by atoms with Crippen molar-refractivity contribution in [3.05, 3.63) is 0 Å². The molecule has 0 radical (unpaired) electrons. The quantitative estimate of drug-likeness (QED) is 0.766. The number of hydrogen-bond acceptors (Lipinski definition) is 2. The van der Waals surface area contributed by atoms with Gasteiger partial charge in [-0.05, 0) is 55.9 Å². The first-order valence-corrected chi connectivity index (χ1v) is 7.77. The van der Waals surface area contributed by atoms with Crippen LogP contribution in [0.5, 0.6) is 0 Å². The summed E-state index contributed by atoms with van der Waals surface area (Å²) in [5, 5.41) is 7.51. The molecule has 0 aromatic carbocycles. The fourth-order valence-electron chi connectivity index (χ4n) is 4.35. The van der Waals surface area contributed by atoms with E-state index in [0.717, 1.165) is 17.9 Å². The molecule has 3 aliphatic rings. The maximum absolute atomic E-state index is 3.77. The molecule has 3 atom stereocenters. The van der Waals surface area contributed by atoms with E-state index in [1.165, 1.54) is 64.6 Å². The van der Waals surface area contributed by atoms with Crippen molar-refractivity contribution in [1.29, 1.82) is 0 Å². The van der Waals surface area contributed by atoms with Crippen molar-refractivity contribution in [1.82, 2.24) is 10.6 Å². The molecular formula is C15H28N2. The second-order valence-corrected chi connectivity index (χ2v) is 6.71. The molecule has 2 saturated carbocycles. The lowest BCUT2D eigenvalue weighted by Crippen LogP contribution is -2.44. The average Bonchev–Trinajstić information content (AvgIpc) is 2.86. The topological polar surface area (TPSA) is 24.1 Å². The first-order valence-electron chi connectivity index (χ1n) is 7.77. The zero-order valence-electron chi connectivity index (χ0n) is 11.3. The predicted octanol–water partition coefficient (Wildman–Crippen LogP) is 2.54. The minimum atomic E-state index is 0.674. The van der Waals surface area contributed by atoms with Gasteiger partial charge in [0.15, 0.2) is 0 Å². The number of fused-ring (bicyclic) bond motifs is 1. The SMILES string of the molecule is CCC1(CNCC2NCC3CCCC32)CCC1. The third-order valence-electron chi connectivity index (χ3n) is 5.91. The Balaban J connectivity index is 1.42. The van der Waals surface area contributed by atoms with Crippen molar-refractivity contribution in [2.75, 3.05) is 19.6 Å². The van der Waals surface area contributed by atoms with Gasteiger partial charge >= 0.3 is 0 Å². The van der Waals surface area contributed by atoms with E-state index in [2.05, 4.69) is 17.6 Å². The van der Waals surface area contributed by atoms with Gasteiger partial charge in [-0.15, -0.1) is 0 Å². The van der Waals surface area contributed by atoms with Gasteiger partial charge in [-0.25, -0.2) is 0 Å². The molecule has 1 aliphatic heterocycles. The Morgan fingerprint density at radius 3 is 2.82 bits per heavy atom. The molecule has 3 fully saturated rings. The highest BCUT2D eigenvalue weighted by atomic mass is 15.0. The molecule has 3 unspecified atom stereocenters. The van der Waals surface area contributed by atoms with Gasteiger partial charge < -0.3 is 10.6 Å². The summed E-state index contributed by atoms with van der Waals surface area (Å²) in [5.74, 6) is 1.99. The van der Waals surface area contributed by atoms with Crippen LogP contribution in [0.15, 0.2) is 0 Å². The van der Waals surface area contributed by atoms with Crippen molar-refractivity contribution < 1.29 is 0 Å². The molecule has 2 N–H and O–H groups in total. The lowest BCUT2D eigenvalue weighted by atomic mass is 9.67. The number of hydrogen-bond donors (Lipinski definition) is 2. The van der Waals surface area contributed by atoms with Gasteiger partial charge in [-0.2, -0.15) is 0 Å².